The zero-order valence-electron chi connectivity index (χ0n) is 9.44. The molecule has 0 bridgehead atoms. The van der Waals surface area contributed by atoms with Crippen molar-refractivity contribution in [3.05, 3.63) is 17.5 Å². The zero-order chi connectivity index (χ0) is 13.1. The fraction of sp³-hybridized carbons (Fsp3) is 0.667. The van der Waals surface area contributed by atoms with Gasteiger partial charge in [-0.2, -0.15) is 5.10 Å². The van der Waals surface area contributed by atoms with Crippen molar-refractivity contribution >= 4 is 9.84 Å². The van der Waals surface area contributed by atoms with Gasteiger partial charge in [-0.25, -0.2) is 17.2 Å². The Kier molecular flexibility index (Phi) is 4.58. The van der Waals surface area contributed by atoms with Crippen LogP contribution in [0.4, 0.5) is 8.78 Å². The molecule has 17 heavy (non-hydrogen) atoms. The van der Waals surface area contributed by atoms with Crippen LogP contribution >= 0.6 is 0 Å². The molecule has 0 atom stereocenters. The molecule has 8 heteroatoms. The number of aromatic nitrogens is 2. The van der Waals surface area contributed by atoms with Gasteiger partial charge in [-0.1, -0.05) is 6.92 Å². The first-order valence-electron chi connectivity index (χ1n) is 5.14. The Morgan fingerprint density at radius 3 is 2.65 bits per heavy atom. The molecule has 0 aliphatic heterocycles. The first-order chi connectivity index (χ1) is 7.91. The van der Waals surface area contributed by atoms with Gasteiger partial charge in [-0.05, 0) is 0 Å². The fourth-order valence-electron chi connectivity index (χ4n) is 1.39. The lowest BCUT2D eigenvalue weighted by Gasteiger charge is -2.08. The number of nitrogens with two attached hydrogens (primary N) is 1. The maximum atomic E-state index is 12.7. The van der Waals surface area contributed by atoms with Crippen LogP contribution in [0.1, 0.15) is 24.6 Å². The second-order valence-corrected chi connectivity index (χ2v) is 5.99. The van der Waals surface area contributed by atoms with E-state index in [0.717, 1.165) is 4.68 Å². The topological polar surface area (TPSA) is 78.0 Å². The quantitative estimate of drug-likeness (QED) is 0.823. The van der Waals surface area contributed by atoms with Crippen LogP contribution in [0, 0.1) is 0 Å². The Bertz CT molecular complexity index is 471. The highest BCUT2D eigenvalue weighted by Crippen LogP contribution is 2.22. The van der Waals surface area contributed by atoms with Gasteiger partial charge in [0, 0.05) is 17.9 Å². The van der Waals surface area contributed by atoms with E-state index < -0.39 is 16.3 Å². The number of hydrogen-bond acceptors (Lipinski definition) is 4. The standard InChI is InChI=1S/C9H15F2N3O2S/c1-2-17(15,16)4-3-14-8(9(10)11)7(5-12)6-13-14/h6,9H,2-5,12H2,1H3. The summed E-state index contributed by atoms with van der Waals surface area (Å²) >= 11 is 0. The largest absolute Gasteiger partial charge is 0.326 e. The molecule has 0 aliphatic carbocycles. The highest BCUT2D eigenvalue weighted by Gasteiger charge is 2.20. The smallest absolute Gasteiger partial charge is 0.280 e. The Balaban J connectivity index is 2.89. The predicted octanol–water partition coefficient (Wildman–Crippen LogP) is 0.714. The van der Waals surface area contributed by atoms with Gasteiger partial charge in [0.25, 0.3) is 6.43 Å². The van der Waals surface area contributed by atoms with E-state index in [9.17, 15) is 17.2 Å². The third-order valence-electron chi connectivity index (χ3n) is 2.44. The van der Waals surface area contributed by atoms with Crippen molar-refractivity contribution < 1.29 is 17.2 Å². The van der Waals surface area contributed by atoms with Crippen molar-refractivity contribution in [2.24, 2.45) is 5.73 Å². The summed E-state index contributed by atoms with van der Waals surface area (Å²) in [7, 11) is -3.19. The molecule has 98 valence electrons. The van der Waals surface area contributed by atoms with E-state index in [2.05, 4.69) is 5.10 Å². The molecule has 1 aromatic rings. The summed E-state index contributed by atoms with van der Waals surface area (Å²) in [6, 6.07) is 0. The number of alkyl halides is 2. The first-order valence-corrected chi connectivity index (χ1v) is 6.96. The van der Waals surface area contributed by atoms with Crippen LogP contribution in [-0.2, 0) is 22.9 Å². The maximum Gasteiger partial charge on any atom is 0.280 e. The van der Waals surface area contributed by atoms with Gasteiger partial charge in [-0.15, -0.1) is 0 Å². The van der Waals surface area contributed by atoms with Crippen molar-refractivity contribution in [2.75, 3.05) is 11.5 Å². The van der Waals surface area contributed by atoms with Crippen LogP contribution in [0.15, 0.2) is 6.20 Å². The molecule has 5 nitrogen and oxygen atoms in total. The fourth-order valence-corrected chi connectivity index (χ4v) is 2.13. The van der Waals surface area contributed by atoms with Gasteiger partial charge in [0.05, 0.1) is 18.5 Å². The summed E-state index contributed by atoms with van der Waals surface area (Å²) in [6.07, 6.45) is -1.46. The minimum atomic E-state index is -3.19. The second-order valence-electron chi connectivity index (χ2n) is 3.52. The van der Waals surface area contributed by atoms with Crippen molar-refractivity contribution in [1.29, 1.82) is 0 Å². The summed E-state index contributed by atoms with van der Waals surface area (Å²) in [6.45, 7) is 1.40. The number of nitrogens with zero attached hydrogens (tertiary/aromatic N) is 2. The highest BCUT2D eigenvalue weighted by atomic mass is 32.2. The molecule has 1 heterocycles. The molecule has 1 aromatic heterocycles. The average molecular weight is 267 g/mol. The third-order valence-corrected chi connectivity index (χ3v) is 4.12. The highest BCUT2D eigenvalue weighted by molar-refractivity contribution is 7.91. The molecule has 0 aliphatic rings. The summed E-state index contributed by atoms with van der Waals surface area (Å²) < 4.78 is 49.1. The minimum Gasteiger partial charge on any atom is -0.326 e. The van der Waals surface area contributed by atoms with Crippen molar-refractivity contribution in [3.63, 3.8) is 0 Å². The Labute approximate surface area is 98.5 Å². The number of hydrogen-bond donors (Lipinski definition) is 1. The molecule has 0 spiro atoms. The molecule has 0 fully saturated rings. The Morgan fingerprint density at radius 1 is 1.53 bits per heavy atom. The van der Waals surface area contributed by atoms with Crippen LogP contribution in [-0.4, -0.2) is 29.7 Å². The van der Waals surface area contributed by atoms with E-state index in [-0.39, 0.29) is 35.9 Å². The molecule has 0 radical (unpaired) electrons. The third kappa shape index (κ3) is 3.47. The maximum absolute atomic E-state index is 12.7. The molecule has 0 amide bonds. The molecule has 0 aromatic carbocycles. The Hall–Kier alpha value is -1.02. The van der Waals surface area contributed by atoms with Crippen LogP contribution in [0.3, 0.4) is 0 Å². The van der Waals surface area contributed by atoms with E-state index >= 15 is 0 Å². The monoisotopic (exact) mass is 267 g/mol. The average Bonchev–Trinajstić information content (AvgIpc) is 2.69. The lowest BCUT2D eigenvalue weighted by Crippen LogP contribution is -2.17. The minimum absolute atomic E-state index is 0.0119. The van der Waals surface area contributed by atoms with Crippen LogP contribution < -0.4 is 5.73 Å². The van der Waals surface area contributed by atoms with Crippen molar-refractivity contribution in [2.45, 2.75) is 26.4 Å². The molecular formula is C9H15F2N3O2S. The summed E-state index contributed by atoms with van der Waals surface area (Å²) in [4.78, 5) is 0. The van der Waals surface area contributed by atoms with E-state index in [4.69, 9.17) is 5.73 Å². The molecule has 0 unspecified atom stereocenters. The van der Waals surface area contributed by atoms with Gasteiger partial charge in [0.1, 0.15) is 5.69 Å². The van der Waals surface area contributed by atoms with Crippen molar-refractivity contribution in [1.82, 2.24) is 9.78 Å². The number of rotatable bonds is 6. The summed E-state index contributed by atoms with van der Waals surface area (Å²) in [5.74, 6) is -0.211. The SMILES string of the molecule is CCS(=O)(=O)CCn1ncc(CN)c1C(F)F. The molecule has 2 N–H and O–H groups in total. The van der Waals surface area contributed by atoms with Gasteiger partial charge in [-0.3, -0.25) is 4.68 Å². The van der Waals surface area contributed by atoms with E-state index in [0.29, 0.717) is 0 Å². The summed E-state index contributed by atoms with van der Waals surface area (Å²) in [5, 5.41) is 3.74. The van der Waals surface area contributed by atoms with E-state index in [1.807, 2.05) is 0 Å². The molecular weight excluding hydrogens is 252 g/mol. The zero-order valence-corrected chi connectivity index (χ0v) is 10.3. The lowest BCUT2D eigenvalue weighted by molar-refractivity contribution is 0.138. The van der Waals surface area contributed by atoms with Gasteiger partial charge >= 0.3 is 0 Å². The van der Waals surface area contributed by atoms with Gasteiger partial charge in [0.15, 0.2) is 9.84 Å². The number of halogens is 2. The predicted molar refractivity (Wildman–Crippen MR) is 59.4 cm³/mol. The van der Waals surface area contributed by atoms with E-state index in [1.165, 1.54) is 13.1 Å². The Morgan fingerprint density at radius 2 is 2.18 bits per heavy atom. The van der Waals surface area contributed by atoms with Gasteiger partial charge in [0.2, 0.25) is 0 Å². The number of aryl methyl sites for hydroxylation is 1. The lowest BCUT2D eigenvalue weighted by atomic mass is 10.2. The first kappa shape index (κ1) is 14.0. The molecule has 0 saturated carbocycles. The molecule has 1 rings (SSSR count). The van der Waals surface area contributed by atoms with E-state index in [1.54, 1.807) is 0 Å². The molecule has 0 saturated heterocycles. The van der Waals surface area contributed by atoms with Gasteiger partial charge < -0.3 is 5.73 Å². The summed E-state index contributed by atoms with van der Waals surface area (Å²) in [5.41, 5.74) is 5.26. The van der Waals surface area contributed by atoms with Crippen molar-refractivity contribution in [3.8, 4) is 0 Å². The second kappa shape index (κ2) is 5.54. The van der Waals surface area contributed by atoms with Crippen LogP contribution in [0.2, 0.25) is 0 Å². The normalized spacial score (nSPS) is 12.3. The number of sulfone groups is 1. The van der Waals surface area contributed by atoms with Crippen LogP contribution in [0.5, 0.6) is 0 Å². The van der Waals surface area contributed by atoms with Crippen LogP contribution in [0.25, 0.3) is 0 Å².